The van der Waals surface area contributed by atoms with Gasteiger partial charge in [0, 0.05) is 6.04 Å². The third kappa shape index (κ3) is 3.66. The van der Waals surface area contributed by atoms with Gasteiger partial charge in [-0.3, -0.25) is 0 Å². The Labute approximate surface area is 122 Å². The molecule has 0 aromatic heterocycles. The lowest BCUT2D eigenvalue weighted by Crippen LogP contribution is -2.35. The Morgan fingerprint density at radius 3 is 2.45 bits per heavy atom. The minimum Gasteiger partial charge on any atom is -0.493 e. The van der Waals surface area contributed by atoms with Crippen molar-refractivity contribution < 1.29 is 9.47 Å². The highest BCUT2D eigenvalue weighted by atomic mass is 16.5. The number of nitrogens with one attached hydrogen (secondary N) is 1. The van der Waals surface area contributed by atoms with E-state index in [0.29, 0.717) is 6.04 Å². The molecule has 0 saturated carbocycles. The van der Waals surface area contributed by atoms with E-state index in [0.717, 1.165) is 30.9 Å². The Hall–Kier alpha value is -1.22. The summed E-state index contributed by atoms with van der Waals surface area (Å²) in [6.45, 7) is 3.39. The van der Waals surface area contributed by atoms with E-state index < -0.39 is 0 Å². The Bertz CT molecular complexity index is 431. The number of benzene rings is 1. The third-order valence-corrected chi connectivity index (χ3v) is 4.15. The monoisotopic (exact) mass is 277 g/mol. The second-order valence-corrected chi connectivity index (χ2v) is 5.58. The van der Waals surface area contributed by atoms with Crippen molar-refractivity contribution >= 4 is 0 Å². The fraction of sp³-hybridized carbons (Fsp3) is 0.647. The van der Waals surface area contributed by atoms with Crippen LogP contribution >= 0.6 is 0 Å². The van der Waals surface area contributed by atoms with Gasteiger partial charge in [0.2, 0.25) is 0 Å². The van der Waals surface area contributed by atoms with E-state index in [1.165, 1.54) is 36.8 Å². The van der Waals surface area contributed by atoms with Crippen LogP contribution in [0.2, 0.25) is 0 Å². The maximum absolute atomic E-state index is 5.41. The zero-order valence-electron chi connectivity index (χ0n) is 13.0. The minimum atomic E-state index is 0.609. The molecular weight excluding hydrogens is 250 g/mol. The number of hydrogen-bond acceptors (Lipinski definition) is 3. The quantitative estimate of drug-likeness (QED) is 0.775. The highest BCUT2D eigenvalue weighted by Gasteiger charge is 2.20. The van der Waals surface area contributed by atoms with Crippen molar-refractivity contribution in [1.82, 2.24) is 5.32 Å². The average molecular weight is 277 g/mol. The molecule has 0 amide bonds. The van der Waals surface area contributed by atoms with Gasteiger partial charge in [0.25, 0.3) is 0 Å². The first kappa shape index (κ1) is 15.2. The van der Waals surface area contributed by atoms with Crippen LogP contribution in [0, 0.1) is 0 Å². The van der Waals surface area contributed by atoms with Crippen molar-refractivity contribution in [1.29, 1.82) is 0 Å². The molecule has 0 fully saturated rings. The standard InChI is InChI=1S/C17H27NO2/c1-4-5-6-9-18-15-8-7-13-11-16(19-2)17(20-3)12-14(13)10-15/h11-12,15,18H,4-10H2,1-3H3. The Kier molecular flexibility index (Phi) is 5.72. The summed E-state index contributed by atoms with van der Waals surface area (Å²) in [5.74, 6) is 1.69. The van der Waals surface area contributed by atoms with Crippen LogP contribution in [0.15, 0.2) is 12.1 Å². The maximum atomic E-state index is 5.41. The van der Waals surface area contributed by atoms with Crippen LogP contribution in [-0.2, 0) is 12.8 Å². The Morgan fingerprint density at radius 1 is 1.10 bits per heavy atom. The summed E-state index contributed by atoms with van der Waals surface area (Å²) in [5, 5.41) is 3.69. The van der Waals surface area contributed by atoms with Gasteiger partial charge in [-0.05, 0) is 55.5 Å². The highest BCUT2D eigenvalue weighted by Crippen LogP contribution is 2.34. The van der Waals surface area contributed by atoms with Gasteiger partial charge in [0.1, 0.15) is 0 Å². The molecule has 3 nitrogen and oxygen atoms in total. The summed E-state index contributed by atoms with van der Waals surface area (Å²) >= 11 is 0. The lowest BCUT2D eigenvalue weighted by molar-refractivity contribution is 0.352. The summed E-state index contributed by atoms with van der Waals surface area (Å²) in [7, 11) is 3.40. The predicted molar refractivity (Wildman–Crippen MR) is 82.9 cm³/mol. The van der Waals surface area contributed by atoms with Gasteiger partial charge >= 0.3 is 0 Å². The van der Waals surface area contributed by atoms with Crippen LogP contribution in [0.1, 0.15) is 43.7 Å². The molecule has 0 spiro atoms. The summed E-state index contributed by atoms with van der Waals surface area (Å²) in [6, 6.07) is 4.90. The van der Waals surface area contributed by atoms with Crippen molar-refractivity contribution in [3.8, 4) is 11.5 Å². The fourth-order valence-corrected chi connectivity index (χ4v) is 2.94. The molecule has 2 rings (SSSR count). The Balaban J connectivity index is 1.98. The molecule has 3 heteroatoms. The first-order chi connectivity index (χ1) is 9.78. The van der Waals surface area contributed by atoms with Crippen molar-refractivity contribution in [3.63, 3.8) is 0 Å². The predicted octanol–water partition coefficient (Wildman–Crippen LogP) is 3.34. The topological polar surface area (TPSA) is 30.5 Å². The maximum Gasteiger partial charge on any atom is 0.161 e. The van der Waals surface area contributed by atoms with E-state index >= 15 is 0 Å². The van der Waals surface area contributed by atoms with Crippen molar-refractivity contribution in [2.75, 3.05) is 20.8 Å². The van der Waals surface area contributed by atoms with Gasteiger partial charge in [-0.2, -0.15) is 0 Å². The molecule has 1 unspecified atom stereocenters. The zero-order chi connectivity index (χ0) is 14.4. The second kappa shape index (κ2) is 7.53. The molecule has 0 saturated heterocycles. The number of unbranched alkanes of at least 4 members (excludes halogenated alkanes) is 2. The van der Waals surface area contributed by atoms with Crippen LogP contribution in [0.25, 0.3) is 0 Å². The number of hydrogen-bond donors (Lipinski definition) is 1. The van der Waals surface area contributed by atoms with Crippen molar-refractivity contribution in [2.24, 2.45) is 0 Å². The molecule has 0 aliphatic heterocycles. The number of fused-ring (bicyclic) bond motifs is 1. The Morgan fingerprint density at radius 2 is 1.80 bits per heavy atom. The number of methoxy groups -OCH3 is 2. The minimum absolute atomic E-state index is 0.609. The van der Waals surface area contributed by atoms with E-state index in [1.54, 1.807) is 14.2 Å². The van der Waals surface area contributed by atoms with Crippen LogP contribution in [-0.4, -0.2) is 26.8 Å². The first-order valence-electron chi connectivity index (χ1n) is 7.75. The van der Waals surface area contributed by atoms with E-state index in [2.05, 4.69) is 24.4 Å². The molecule has 1 atom stereocenters. The lowest BCUT2D eigenvalue weighted by Gasteiger charge is -2.26. The summed E-state index contributed by atoms with van der Waals surface area (Å²) in [6.07, 6.45) is 7.33. The molecular formula is C17H27NO2. The van der Waals surface area contributed by atoms with E-state index in [4.69, 9.17) is 9.47 Å². The largest absolute Gasteiger partial charge is 0.493 e. The summed E-state index contributed by atoms with van der Waals surface area (Å²) in [4.78, 5) is 0. The molecule has 1 aliphatic carbocycles. The SMILES string of the molecule is CCCCCNC1CCc2cc(OC)c(OC)cc2C1. The molecule has 0 heterocycles. The van der Waals surface area contributed by atoms with Crippen LogP contribution in [0.5, 0.6) is 11.5 Å². The number of aryl methyl sites for hydroxylation is 1. The normalized spacial score (nSPS) is 17.6. The van der Waals surface area contributed by atoms with Crippen molar-refractivity contribution in [3.05, 3.63) is 23.3 Å². The van der Waals surface area contributed by atoms with Gasteiger partial charge in [-0.25, -0.2) is 0 Å². The molecule has 0 bridgehead atoms. The smallest absolute Gasteiger partial charge is 0.161 e. The highest BCUT2D eigenvalue weighted by molar-refractivity contribution is 5.48. The average Bonchev–Trinajstić information content (AvgIpc) is 2.50. The molecule has 1 N–H and O–H groups in total. The fourth-order valence-electron chi connectivity index (χ4n) is 2.94. The van der Waals surface area contributed by atoms with E-state index in [-0.39, 0.29) is 0 Å². The molecule has 112 valence electrons. The number of ether oxygens (including phenoxy) is 2. The van der Waals surface area contributed by atoms with E-state index in [9.17, 15) is 0 Å². The second-order valence-electron chi connectivity index (χ2n) is 5.58. The van der Waals surface area contributed by atoms with Crippen molar-refractivity contribution in [2.45, 2.75) is 51.5 Å². The van der Waals surface area contributed by atoms with E-state index in [1.807, 2.05) is 0 Å². The van der Waals surface area contributed by atoms with Gasteiger partial charge in [-0.1, -0.05) is 19.8 Å². The zero-order valence-corrected chi connectivity index (χ0v) is 13.0. The molecule has 1 aromatic carbocycles. The lowest BCUT2D eigenvalue weighted by atomic mass is 9.87. The van der Waals surface area contributed by atoms with Gasteiger partial charge < -0.3 is 14.8 Å². The van der Waals surface area contributed by atoms with Crippen LogP contribution in [0.3, 0.4) is 0 Å². The van der Waals surface area contributed by atoms with Gasteiger partial charge in [-0.15, -0.1) is 0 Å². The molecule has 20 heavy (non-hydrogen) atoms. The first-order valence-corrected chi connectivity index (χ1v) is 7.75. The van der Waals surface area contributed by atoms with Crippen LogP contribution in [0.4, 0.5) is 0 Å². The molecule has 1 aromatic rings. The van der Waals surface area contributed by atoms with Gasteiger partial charge in [0.05, 0.1) is 14.2 Å². The summed E-state index contributed by atoms with van der Waals surface area (Å²) in [5.41, 5.74) is 2.82. The summed E-state index contributed by atoms with van der Waals surface area (Å²) < 4.78 is 10.8. The van der Waals surface area contributed by atoms with Crippen LogP contribution < -0.4 is 14.8 Å². The molecule has 1 aliphatic rings. The number of rotatable bonds is 7. The third-order valence-electron chi connectivity index (χ3n) is 4.15. The van der Waals surface area contributed by atoms with Gasteiger partial charge in [0.15, 0.2) is 11.5 Å². The molecule has 0 radical (unpaired) electrons.